The fourth-order valence-electron chi connectivity index (χ4n) is 4.07. The van der Waals surface area contributed by atoms with Crippen molar-refractivity contribution in [3.63, 3.8) is 0 Å². The Morgan fingerprint density at radius 3 is 2.50 bits per heavy atom. The highest BCUT2D eigenvalue weighted by Crippen LogP contribution is 2.44. The number of pyridine rings is 1. The maximum absolute atomic E-state index is 13.7. The van der Waals surface area contributed by atoms with Crippen molar-refractivity contribution < 1.29 is 9.13 Å². The molecule has 0 fully saturated rings. The summed E-state index contributed by atoms with van der Waals surface area (Å²) < 4.78 is 19.6. The van der Waals surface area contributed by atoms with Crippen LogP contribution in [0.15, 0.2) is 65.9 Å². The lowest BCUT2D eigenvalue weighted by Crippen LogP contribution is -2.23. The highest BCUT2D eigenvalue weighted by molar-refractivity contribution is 5.84. The van der Waals surface area contributed by atoms with E-state index in [1.54, 1.807) is 6.20 Å². The van der Waals surface area contributed by atoms with Crippen LogP contribution in [0.5, 0.6) is 5.75 Å². The number of nitrogens with two attached hydrogens (primary N) is 1. The SMILES string of the molecule is Cc1cc(C2(c3cccc(-c4cncc(F)c4)c3)CCC(N)=N2)ccc1OC(C)C. The Kier molecular flexibility index (Phi) is 5.29. The molecule has 0 spiro atoms. The maximum Gasteiger partial charge on any atom is 0.142 e. The molecule has 4 rings (SSSR count). The van der Waals surface area contributed by atoms with Gasteiger partial charge in [0.15, 0.2) is 0 Å². The van der Waals surface area contributed by atoms with E-state index in [-0.39, 0.29) is 11.9 Å². The summed E-state index contributed by atoms with van der Waals surface area (Å²) in [5.74, 6) is 1.17. The standard InChI is InChI=1S/C25H26FN3O/c1-16(2)30-23-8-7-21(11-17(23)3)25(10-9-24(27)29-25)20-6-4-5-18(12-20)19-13-22(26)15-28-14-19/h4-8,11-16H,9-10H2,1-3H3,(H2,27,29). The zero-order valence-corrected chi connectivity index (χ0v) is 17.5. The second kappa shape index (κ2) is 7.90. The molecule has 5 heteroatoms. The van der Waals surface area contributed by atoms with Gasteiger partial charge in [0.1, 0.15) is 17.1 Å². The topological polar surface area (TPSA) is 60.5 Å². The summed E-state index contributed by atoms with van der Waals surface area (Å²) in [4.78, 5) is 8.89. The van der Waals surface area contributed by atoms with Crippen LogP contribution in [-0.2, 0) is 5.54 Å². The molecular weight excluding hydrogens is 377 g/mol. The number of aryl methyl sites for hydroxylation is 1. The molecule has 0 amide bonds. The summed E-state index contributed by atoms with van der Waals surface area (Å²) in [5, 5.41) is 0. The number of halogens is 1. The van der Waals surface area contributed by atoms with Crippen LogP contribution in [-0.4, -0.2) is 16.9 Å². The van der Waals surface area contributed by atoms with Gasteiger partial charge < -0.3 is 10.5 Å². The first-order chi connectivity index (χ1) is 14.4. The average molecular weight is 404 g/mol. The molecule has 2 N–H and O–H groups in total. The zero-order chi connectivity index (χ0) is 21.3. The van der Waals surface area contributed by atoms with Crippen molar-refractivity contribution in [2.45, 2.75) is 45.3 Å². The van der Waals surface area contributed by atoms with Gasteiger partial charge in [0.2, 0.25) is 0 Å². The van der Waals surface area contributed by atoms with Crippen LogP contribution in [0.3, 0.4) is 0 Å². The van der Waals surface area contributed by atoms with Crippen molar-refractivity contribution in [2.24, 2.45) is 10.7 Å². The van der Waals surface area contributed by atoms with Crippen molar-refractivity contribution >= 4 is 5.84 Å². The summed E-state index contributed by atoms with van der Waals surface area (Å²) in [6, 6.07) is 15.8. The molecule has 1 aromatic heterocycles. The third kappa shape index (κ3) is 3.80. The summed E-state index contributed by atoms with van der Waals surface area (Å²) in [7, 11) is 0. The van der Waals surface area contributed by atoms with E-state index in [9.17, 15) is 4.39 Å². The first-order valence-corrected chi connectivity index (χ1v) is 10.2. The minimum Gasteiger partial charge on any atom is -0.491 e. The van der Waals surface area contributed by atoms with E-state index in [1.165, 1.54) is 12.3 Å². The van der Waals surface area contributed by atoms with Gasteiger partial charge in [-0.2, -0.15) is 0 Å². The number of amidine groups is 1. The summed E-state index contributed by atoms with van der Waals surface area (Å²) >= 11 is 0. The molecule has 2 heterocycles. The number of aliphatic imine (C=N–C) groups is 1. The van der Waals surface area contributed by atoms with Gasteiger partial charge in [-0.25, -0.2) is 4.39 Å². The molecule has 0 saturated carbocycles. The highest BCUT2D eigenvalue weighted by atomic mass is 19.1. The van der Waals surface area contributed by atoms with Crippen LogP contribution in [0.4, 0.5) is 4.39 Å². The summed E-state index contributed by atoms with van der Waals surface area (Å²) in [6.45, 7) is 6.08. The van der Waals surface area contributed by atoms with Gasteiger partial charge in [-0.3, -0.25) is 9.98 Å². The lowest BCUT2D eigenvalue weighted by Gasteiger charge is -2.29. The number of hydrogen-bond donors (Lipinski definition) is 1. The fraction of sp³-hybridized carbons (Fsp3) is 0.280. The second-order valence-corrected chi connectivity index (χ2v) is 8.08. The predicted molar refractivity (Wildman–Crippen MR) is 118 cm³/mol. The first-order valence-electron chi connectivity index (χ1n) is 10.2. The minimum atomic E-state index is -0.567. The highest BCUT2D eigenvalue weighted by Gasteiger charge is 2.38. The molecule has 1 aliphatic heterocycles. The summed E-state index contributed by atoms with van der Waals surface area (Å²) in [5.41, 5.74) is 10.4. The van der Waals surface area contributed by atoms with Gasteiger partial charge in [-0.1, -0.05) is 24.3 Å². The Morgan fingerprint density at radius 2 is 1.83 bits per heavy atom. The molecule has 4 nitrogen and oxygen atoms in total. The fourth-order valence-corrected chi connectivity index (χ4v) is 4.07. The van der Waals surface area contributed by atoms with Gasteiger partial charge in [-0.15, -0.1) is 0 Å². The third-order valence-corrected chi connectivity index (χ3v) is 5.47. The van der Waals surface area contributed by atoms with Crippen molar-refractivity contribution in [1.29, 1.82) is 0 Å². The zero-order valence-electron chi connectivity index (χ0n) is 17.5. The Morgan fingerprint density at radius 1 is 1.03 bits per heavy atom. The molecular formula is C25H26FN3O. The van der Waals surface area contributed by atoms with E-state index >= 15 is 0 Å². The Bertz CT molecular complexity index is 1110. The normalized spacial score (nSPS) is 18.5. The smallest absolute Gasteiger partial charge is 0.142 e. The molecule has 1 unspecified atom stereocenters. The number of rotatable bonds is 5. The molecule has 1 aliphatic rings. The van der Waals surface area contributed by atoms with Crippen LogP contribution < -0.4 is 10.5 Å². The quantitative estimate of drug-likeness (QED) is 0.622. The molecule has 0 bridgehead atoms. The van der Waals surface area contributed by atoms with E-state index in [4.69, 9.17) is 15.5 Å². The maximum atomic E-state index is 13.7. The van der Waals surface area contributed by atoms with Crippen molar-refractivity contribution in [1.82, 2.24) is 4.98 Å². The van der Waals surface area contributed by atoms with Crippen LogP contribution in [0.1, 0.15) is 43.4 Å². The van der Waals surface area contributed by atoms with Gasteiger partial charge in [0.25, 0.3) is 0 Å². The monoisotopic (exact) mass is 403 g/mol. The predicted octanol–water partition coefficient (Wildman–Crippen LogP) is 5.38. The first kappa shape index (κ1) is 20.1. The molecule has 1 atom stereocenters. The lowest BCUT2D eigenvalue weighted by atomic mass is 9.80. The number of benzene rings is 2. The number of ether oxygens (including phenoxy) is 1. The van der Waals surface area contributed by atoms with Crippen LogP contribution in [0.2, 0.25) is 0 Å². The Labute approximate surface area is 176 Å². The Hall–Kier alpha value is -3.21. The molecule has 2 aromatic carbocycles. The largest absolute Gasteiger partial charge is 0.491 e. The molecule has 0 saturated heterocycles. The van der Waals surface area contributed by atoms with E-state index in [0.717, 1.165) is 46.4 Å². The van der Waals surface area contributed by atoms with Gasteiger partial charge >= 0.3 is 0 Å². The van der Waals surface area contributed by atoms with E-state index in [2.05, 4.69) is 29.2 Å². The van der Waals surface area contributed by atoms with E-state index in [0.29, 0.717) is 5.84 Å². The average Bonchev–Trinajstić information content (AvgIpc) is 3.12. The van der Waals surface area contributed by atoms with Gasteiger partial charge in [0, 0.05) is 18.2 Å². The van der Waals surface area contributed by atoms with Crippen molar-refractivity contribution in [3.05, 3.63) is 83.4 Å². The molecule has 3 aromatic rings. The summed E-state index contributed by atoms with van der Waals surface area (Å²) in [6.07, 6.45) is 4.51. The molecule has 0 aliphatic carbocycles. The van der Waals surface area contributed by atoms with E-state index in [1.807, 2.05) is 39.0 Å². The molecule has 154 valence electrons. The van der Waals surface area contributed by atoms with E-state index < -0.39 is 5.54 Å². The number of nitrogens with zero attached hydrogens (tertiary/aromatic N) is 2. The number of aromatic nitrogens is 1. The molecule has 0 radical (unpaired) electrons. The van der Waals surface area contributed by atoms with Crippen molar-refractivity contribution in [2.75, 3.05) is 0 Å². The van der Waals surface area contributed by atoms with Crippen LogP contribution >= 0.6 is 0 Å². The van der Waals surface area contributed by atoms with Gasteiger partial charge in [-0.05, 0) is 73.7 Å². The minimum absolute atomic E-state index is 0.111. The van der Waals surface area contributed by atoms with Crippen molar-refractivity contribution in [3.8, 4) is 16.9 Å². The lowest BCUT2D eigenvalue weighted by molar-refractivity contribution is 0.240. The Balaban J connectivity index is 1.81. The molecule has 30 heavy (non-hydrogen) atoms. The third-order valence-electron chi connectivity index (χ3n) is 5.47. The van der Waals surface area contributed by atoms with Crippen LogP contribution in [0.25, 0.3) is 11.1 Å². The number of hydrogen-bond acceptors (Lipinski definition) is 4. The second-order valence-electron chi connectivity index (χ2n) is 8.08. The van der Waals surface area contributed by atoms with Crippen LogP contribution in [0, 0.1) is 12.7 Å². The van der Waals surface area contributed by atoms with Gasteiger partial charge in [0.05, 0.1) is 18.1 Å².